The van der Waals surface area contributed by atoms with E-state index in [1.165, 1.54) is 25.7 Å². The fraction of sp³-hybridized carbons (Fsp3) is 0.615. The third-order valence-corrected chi connectivity index (χ3v) is 4.35. The molecule has 17 heavy (non-hydrogen) atoms. The summed E-state index contributed by atoms with van der Waals surface area (Å²) in [6.07, 6.45) is 7.20. The highest BCUT2D eigenvalue weighted by atomic mass is 79.9. The molecule has 0 aromatic carbocycles. The molecule has 2 rings (SSSR count). The number of halogens is 2. The Hall–Kier alpha value is -0.280. The van der Waals surface area contributed by atoms with Crippen molar-refractivity contribution in [1.29, 1.82) is 0 Å². The highest BCUT2D eigenvalue weighted by Crippen LogP contribution is 2.30. The summed E-state index contributed by atoms with van der Waals surface area (Å²) in [4.78, 5) is 4.30. The average molecular weight is 318 g/mol. The number of pyridine rings is 1. The standard InChI is InChI=1S/C13H18BrClN2/c1-9-4-2-3-5-10(9)7-16-13-12(15)6-11(14)8-17-13/h6,8-10H,2-5,7H2,1H3,(H,16,17). The lowest BCUT2D eigenvalue weighted by Crippen LogP contribution is -2.24. The van der Waals surface area contributed by atoms with E-state index < -0.39 is 0 Å². The van der Waals surface area contributed by atoms with Crippen molar-refractivity contribution in [2.24, 2.45) is 11.8 Å². The van der Waals surface area contributed by atoms with Crippen molar-refractivity contribution >= 4 is 33.3 Å². The molecule has 2 nitrogen and oxygen atoms in total. The molecule has 1 saturated carbocycles. The molecule has 0 amide bonds. The second-order valence-corrected chi connectivity index (χ2v) is 6.21. The van der Waals surface area contributed by atoms with Gasteiger partial charge in [-0.05, 0) is 40.3 Å². The van der Waals surface area contributed by atoms with E-state index in [-0.39, 0.29) is 0 Å². The summed E-state index contributed by atoms with van der Waals surface area (Å²) in [5.41, 5.74) is 0. The van der Waals surface area contributed by atoms with Gasteiger partial charge >= 0.3 is 0 Å². The lowest BCUT2D eigenvalue weighted by molar-refractivity contribution is 0.268. The quantitative estimate of drug-likeness (QED) is 0.871. The zero-order valence-corrected chi connectivity index (χ0v) is 12.4. The van der Waals surface area contributed by atoms with Crippen molar-refractivity contribution in [3.63, 3.8) is 0 Å². The zero-order valence-electron chi connectivity index (χ0n) is 10.0. The summed E-state index contributed by atoms with van der Waals surface area (Å²) in [5.74, 6) is 2.36. The van der Waals surface area contributed by atoms with Crippen LogP contribution in [0.1, 0.15) is 32.6 Å². The second kappa shape index (κ2) is 6.05. The molecule has 1 heterocycles. The summed E-state index contributed by atoms with van der Waals surface area (Å²) < 4.78 is 0.916. The van der Waals surface area contributed by atoms with E-state index in [0.29, 0.717) is 5.02 Å². The smallest absolute Gasteiger partial charge is 0.144 e. The van der Waals surface area contributed by atoms with Gasteiger partial charge in [-0.2, -0.15) is 0 Å². The van der Waals surface area contributed by atoms with Crippen LogP contribution >= 0.6 is 27.5 Å². The van der Waals surface area contributed by atoms with Gasteiger partial charge in [0.05, 0.1) is 5.02 Å². The predicted octanol–water partition coefficient (Wildman–Crippen LogP) is 4.74. The minimum atomic E-state index is 0.683. The number of aromatic nitrogens is 1. The molecule has 0 spiro atoms. The van der Waals surface area contributed by atoms with E-state index in [2.05, 4.69) is 33.2 Å². The number of nitrogens with one attached hydrogen (secondary N) is 1. The molecule has 0 saturated heterocycles. The second-order valence-electron chi connectivity index (χ2n) is 4.89. The first kappa shape index (κ1) is 13.2. The molecule has 1 aromatic rings. The molecule has 1 aliphatic carbocycles. The topological polar surface area (TPSA) is 24.9 Å². The molecule has 2 unspecified atom stereocenters. The van der Waals surface area contributed by atoms with Gasteiger partial charge in [-0.1, -0.05) is 37.8 Å². The number of hydrogen-bond donors (Lipinski definition) is 1. The van der Waals surface area contributed by atoms with Gasteiger partial charge < -0.3 is 5.32 Å². The minimum absolute atomic E-state index is 0.683. The van der Waals surface area contributed by atoms with Crippen molar-refractivity contribution in [3.05, 3.63) is 21.8 Å². The van der Waals surface area contributed by atoms with Gasteiger partial charge in [0.15, 0.2) is 0 Å². The van der Waals surface area contributed by atoms with E-state index >= 15 is 0 Å². The van der Waals surface area contributed by atoms with E-state index in [9.17, 15) is 0 Å². The molecule has 1 N–H and O–H groups in total. The Kier molecular flexibility index (Phi) is 4.69. The summed E-state index contributed by atoms with van der Waals surface area (Å²) in [5, 5.41) is 4.06. The molecule has 0 radical (unpaired) electrons. The third-order valence-electron chi connectivity index (χ3n) is 3.63. The summed E-state index contributed by atoms with van der Waals surface area (Å²) in [6.45, 7) is 3.33. The summed E-state index contributed by atoms with van der Waals surface area (Å²) in [7, 11) is 0. The normalized spacial score (nSPS) is 24.6. The van der Waals surface area contributed by atoms with Crippen LogP contribution in [0.5, 0.6) is 0 Å². The predicted molar refractivity (Wildman–Crippen MR) is 76.6 cm³/mol. The van der Waals surface area contributed by atoms with E-state index in [1.54, 1.807) is 6.20 Å². The third kappa shape index (κ3) is 3.59. The van der Waals surface area contributed by atoms with Crippen LogP contribution in [0, 0.1) is 11.8 Å². The first-order chi connectivity index (χ1) is 8.16. The molecule has 1 aliphatic rings. The number of nitrogens with zero attached hydrogens (tertiary/aromatic N) is 1. The molecule has 2 atom stereocenters. The van der Waals surface area contributed by atoms with Crippen LogP contribution in [0.4, 0.5) is 5.82 Å². The van der Waals surface area contributed by atoms with Crippen molar-refractivity contribution in [3.8, 4) is 0 Å². The van der Waals surface area contributed by atoms with E-state index in [0.717, 1.165) is 28.7 Å². The molecular weight excluding hydrogens is 300 g/mol. The van der Waals surface area contributed by atoms with Crippen LogP contribution in [0.2, 0.25) is 5.02 Å². The Morgan fingerprint density at radius 3 is 2.94 bits per heavy atom. The highest BCUT2D eigenvalue weighted by molar-refractivity contribution is 9.10. The highest BCUT2D eigenvalue weighted by Gasteiger charge is 2.21. The Balaban J connectivity index is 1.92. The molecule has 1 aromatic heterocycles. The SMILES string of the molecule is CC1CCCCC1CNc1ncc(Br)cc1Cl. The van der Waals surface area contributed by atoms with Gasteiger partial charge in [0.25, 0.3) is 0 Å². The Morgan fingerprint density at radius 2 is 2.24 bits per heavy atom. The van der Waals surface area contributed by atoms with Gasteiger partial charge in [-0.15, -0.1) is 0 Å². The Bertz CT molecular complexity index is 384. The zero-order chi connectivity index (χ0) is 12.3. The van der Waals surface area contributed by atoms with Crippen molar-refractivity contribution in [1.82, 2.24) is 4.98 Å². The molecule has 4 heteroatoms. The maximum atomic E-state index is 6.13. The van der Waals surface area contributed by atoms with Gasteiger partial charge in [-0.25, -0.2) is 4.98 Å². The first-order valence-corrected chi connectivity index (χ1v) is 7.39. The molecule has 1 fully saturated rings. The van der Waals surface area contributed by atoms with Crippen LogP contribution in [-0.4, -0.2) is 11.5 Å². The Morgan fingerprint density at radius 1 is 1.47 bits per heavy atom. The van der Waals surface area contributed by atoms with Crippen LogP contribution in [0.3, 0.4) is 0 Å². The summed E-state index contributed by atoms with van der Waals surface area (Å²) in [6, 6.07) is 1.88. The van der Waals surface area contributed by atoms with Gasteiger partial charge in [0, 0.05) is 17.2 Å². The molecule has 0 bridgehead atoms. The van der Waals surface area contributed by atoms with E-state index in [4.69, 9.17) is 11.6 Å². The van der Waals surface area contributed by atoms with Gasteiger partial charge in [0.2, 0.25) is 0 Å². The van der Waals surface area contributed by atoms with Crippen LogP contribution < -0.4 is 5.32 Å². The lowest BCUT2D eigenvalue weighted by Gasteiger charge is -2.29. The van der Waals surface area contributed by atoms with E-state index in [1.807, 2.05) is 6.07 Å². The van der Waals surface area contributed by atoms with Crippen LogP contribution in [0.25, 0.3) is 0 Å². The summed E-state index contributed by atoms with van der Waals surface area (Å²) >= 11 is 9.49. The number of anilines is 1. The lowest BCUT2D eigenvalue weighted by atomic mass is 9.80. The van der Waals surface area contributed by atoms with Gasteiger partial charge in [0.1, 0.15) is 5.82 Å². The van der Waals surface area contributed by atoms with Gasteiger partial charge in [-0.3, -0.25) is 0 Å². The molecule has 0 aliphatic heterocycles. The number of hydrogen-bond acceptors (Lipinski definition) is 2. The maximum absolute atomic E-state index is 6.13. The minimum Gasteiger partial charge on any atom is -0.369 e. The molecular formula is C13H18BrClN2. The fourth-order valence-corrected chi connectivity index (χ4v) is 3.16. The monoisotopic (exact) mass is 316 g/mol. The molecule has 94 valence electrons. The van der Waals surface area contributed by atoms with Crippen LogP contribution in [0.15, 0.2) is 16.7 Å². The fourth-order valence-electron chi connectivity index (χ4n) is 2.47. The maximum Gasteiger partial charge on any atom is 0.144 e. The van der Waals surface area contributed by atoms with Crippen molar-refractivity contribution in [2.45, 2.75) is 32.6 Å². The average Bonchev–Trinajstić information content (AvgIpc) is 2.30. The van der Waals surface area contributed by atoms with Crippen LogP contribution in [-0.2, 0) is 0 Å². The first-order valence-electron chi connectivity index (χ1n) is 6.21. The van der Waals surface area contributed by atoms with Crippen molar-refractivity contribution < 1.29 is 0 Å². The van der Waals surface area contributed by atoms with Crippen molar-refractivity contribution in [2.75, 3.05) is 11.9 Å². The largest absolute Gasteiger partial charge is 0.369 e. The number of rotatable bonds is 3. The Labute approximate surface area is 116 Å².